The Morgan fingerprint density at radius 2 is 2.33 bits per heavy atom. The Kier molecular flexibility index (Phi) is 1.96. The van der Waals surface area contributed by atoms with Crippen LogP contribution in [0.25, 0.3) is 0 Å². The average Bonchev–Trinajstić information content (AvgIpc) is 2.73. The van der Waals surface area contributed by atoms with Gasteiger partial charge in [-0.1, -0.05) is 0 Å². The van der Waals surface area contributed by atoms with E-state index in [0.717, 1.165) is 31.5 Å². The zero-order valence-corrected chi connectivity index (χ0v) is 8.62. The van der Waals surface area contributed by atoms with E-state index in [4.69, 9.17) is 5.73 Å². The van der Waals surface area contributed by atoms with Gasteiger partial charge in [0.05, 0.1) is 0 Å². The monoisotopic (exact) mass is 206 g/mol. The lowest BCUT2D eigenvalue weighted by Crippen LogP contribution is -2.25. The third-order valence-electron chi connectivity index (χ3n) is 3.64. The van der Waals surface area contributed by atoms with Gasteiger partial charge in [0.1, 0.15) is 5.82 Å². The van der Waals surface area contributed by atoms with Gasteiger partial charge in [-0.05, 0) is 49.1 Å². The van der Waals surface area contributed by atoms with E-state index in [2.05, 4.69) is 4.90 Å². The van der Waals surface area contributed by atoms with E-state index in [1.807, 2.05) is 6.07 Å². The standard InChI is InChI=1S/C12H15FN2/c13-10-1-2-12-9(4-10)5-11-3-8(6-14)7-15(11)12/h1-2,4,8,11H,3,5-7,14H2. The van der Waals surface area contributed by atoms with Crippen molar-refractivity contribution in [2.45, 2.75) is 18.9 Å². The maximum atomic E-state index is 13.0. The van der Waals surface area contributed by atoms with Crippen LogP contribution < -0.4 is 10.6 Å². The van der Waals surface area contributed by atoms with Crippen LogP contribution in [0.2, 0.25) is 0 Å². The molecule has 0 saturated carbocycles. The largest absolute Gasteiger partial charge is 0.368 e. The van der Waals surface area contributed by atoms with Crippen LogP contribution in [0.3, 0.4) is 0 Å². The molecule has 0 bridgehead atoms. The lowest BCUT2D eigenvalue weighted by molar-refractivity contribution is 0.565. The van der Waals surface area contributed by atoms with Crippen molar-refractivity contribution >= 4 is 5.69 Å². The molecule has 2 aliphatic heterocycles. The van der Waals surface area contributed by atoms with Crippen LogP contribution in [0.1, 0.15) is 12.0 Å². The Morgan fingerprint density at radius 3 is 3.13 bits per heavy atom. The molecule has 2 aliphatic rings. The maximum absolute atomic E-state index is 13.0. The zero-order valence-electron chi connectivity index (χ0n) is 8.62. The van der Waals surface area contributed by atoms with Gasteiger partial charge in [-0.3, -0.25) is 0 Å². The second-order valence-electron chi connectivity index (χ2n) is 4.62. The van der Waals surface area contributed by atoms with E-state index in [-0.39, 0.29) is 5.82 Å². The third kappa shape index (κ3) is 1.34. The normalized spacial score (nSPS) is 28.0. The Bertz CT molecular complexity index is 391. The lowest BCUT2D eigenvalue weighted by Gasteiger charge is -2.18. The maximum Gasteiger partial charge on any atom is 0.123 e. The van der Waals surface area contributed by atoms with E-state index in [1.165, 1.54) is 5.69 Å². The van der Waals surface area contributed by atoms with E-state index < -0.39 is 0 Å². The first-order valence-electron chi connectivity index (χ1n) is 5.53. The van der Waals surface area contributed by atoms with Gasteiger partial charge in [0.25, 0.3) is 0 Å². The second-order valence-corrected chi connectivity index (χ2v) is 4.62. The number of halogens is 1. The molecular weight excluding hydrogens is 191 g/mol. The predicted octanol–water partition coefficient (Wildman–Crippen LogP) is 1.54. The summed E-state index contributed by atoms with van der Waals surface area (Å²) in [7, 11) is 0. The van der Waals surface area contributed by atoms with E-state index in [1.54, 1.807) is 12.1 Å². The summed E-state index contributed by atoms with van der Waals surface area (Å²) in [5, 5.41) is 0. The van der Waals surface area contributed by atoms with Crippen LogP contribution >= 0.6 is 0 Å². The summed E-state index contributed by atoms with van der Waals surface area (Å²) in [6, 6.07) is 5.70. The van der Waals surface area contributed by atoms with Crippen molar-refractivity contribution < 1.29 is 4.39 Å². The fourth-order valence-corrected chi connectivity index (χ4v) is 2.92. The van der Waals surface area contributed by atoms with Crippen molar-refractivity contribution in [1.82, 2.24) is 0 Å². The van der Waals surface area contributed by atoms with E-state index >= 15 is 0 Å². The van der Waals surface area contributed by atoms with Crippen molar-refractivity contribution in [3.8, 4) is 0 Å². The summed E-state index contributed by atoms with van der Waals surface area (Å²) in [5.41, 5.74) is 8.08. The Hall–Kier alpha value is -1.09. The molecule has 0 radical (unpaired) electrons. The van der Waals surface area contributed by atoms with Gasteiger partial charge in [0, 0.05) is 18.3 Å². The van der Waals surface area contributed by atoms with Gasteiger partial charge in [0.2, 0.25) is 0 Å². The molecule has 2 unspecified atom stereocenters. The summed E-state index contributed by atoms with van der Waals surface area (Å²) in [4.78, 5) is 2.40. The number of benzene rings is 1. The minimum atomic E-state index is -0.120. The predicted molar refractivity (Wildman–Crippen MR) is 58.4 cm³/mol. The topological polar surface area (TPSA) is 29.3 Å². The lowest BCUT2D eigenvalue weighted by atomic mass is 10.0. The first kappa shape index (κ1) is 9.16. The molecule has 1 aromatic carbocycles. The van der Waals surface area contributed by atoms with Crippen LogP contribution in [0.15, 0.2) is 18.2 Å². The molecule has 2 N–H and O–H groups in total. The quantitative estimate of drug-likeness (QED) is 0.755. The van der Waals surface area contributed by atoms with Gasteiger partial charge in [-0.15, -0.1) is 0 Å². The van der Waals surface area contributed by atoms with Crippen molar-refractivity contribution in [3.63, 3.8) is 0 Å². The number of hydrogen-bond donors (Lipinski definition) is 1. The average molecular weight is 206 g/mol. The molecule has 2 nitrogen and oxygen atoms in total. The summed E-state index contributed by atoms with van der Waals surface area (Å²) in [5.74, 6) is 0.499. The van der Waals surface area contributed by atoms with Crippen LogP contribution in [-0.2, 0) is 6.42 Å². The molecule has 1 fully saturated rings. The molecule has 0 aliphatic carbocycles. The highest BCUT2D eigenvalue weighted by Gasteiger charge is 2.37. The molecular formula is C12H15FN2. The van der Waals surface area contributed by atoms with Crippen molar-refractivity contribution in [3.05, 3.63) is 29.6 Å². The molecule has 3 heteroatoms. The highest BCUT2D eigenvalue weighted by atomic mass is 19.1. The molecule has 15 heavy (non-hydrogen) atoms. The van der Waals surface area contributed by atoms with Crippen molar-refractivity contribution in [2.24, 2.45) is 11.7 Å². The Morgan fingerprint density at radius 1 is 1.47 bits per heavy atom. The molecule has 3 rings (SSSR count). The summed E-state index contributed by atoms with van der Waals surface area (Å²) >= 11 is 0. The van der Waals surface area contributed by atoms with Gasteiger partial charge in [-0.2, -0.15) is 0 Å². The molecule has 1 saturated heterocycles. The summed E-state index contributed by atoms with van der Waals surface area (Å²) < 4.78 is 13.0. The smallest absolute Gasteiger partial charge is 0.123 e. The number of anilines is 1. The van der Waals surface area contributed by atoms with Crippen LogP contribution in [0, 0.1) is 11.7 Å². The van der Waals surface area contributed by atoms with Gasteiger partial charge >= 0.3 is 0 Å². The molecule has 0 spiro atoms. The minimum absolute atomic E-state index is 0.120. The Labute approximate surface area is 88.9 Å². The number of hydrogen-bond acceptors (Lipinski definition) is 2. The number of nitrogens with two attached hydrogens (primary N) is 1. The third-order valence-corrected chi connectivity index (χ3v) is 3.64. The summed E-state index contributed by atoms with van der Waals surface area (Å²) in [6.45, 7) is 1.81. The fourth-order valence-electron chi connectivity index (χ4n) is 2.92. The highest BCUT2D eigenvalue weighted by Crippen LogP contribution is 2.39. The number of fused-ring (bicyclic) bond motifs is 3. The minimum Gasteiger partial charge on any atom is -0.368 e. The number of rotatable bonds is 1. The van der Waals surface area contributed by atoms with Gasteiger partial charge in [0.15, 0.2) is 0 Å². The molecule has 2 heterocycles. The highest BCUT2D eigenvalue weighted by molar-refractivity contribution is 5.60. The zero-order chi connectivity index (χ0) is 10.4. The molecule has 2 atom stereocenters. The van der Waals surface area contributed by atoms with Gasteiger partial charge in [-0.25, -0.2) is 4.39 Å². The van der Waals surface area contributed by atoms with Crippen molar-refractivity contribution in [1.29, 1.82) is 0 Å². The van der Waals surface area contributed by atoms with Crippen LogP contribution in [0.4, 0.5) is 10.1 Å². The SMILES string of the molecule is NCC1CC2Cc3cc(F)ccc3N2C1. The van der Waals surface area contributed by atoms with Crippen molar-refractivity contribution in [2.75, 3.05) is 18.0 Å². The molecule has 0 amide bonds. The summed E-state index contributed by atoms with van der Waals surface area (Å²) in [6.07, 6.45) is 2.15. The second kappa shape index (κ2) is 3.20. The van der Waals surface area contributed by atoms with Gasteiger partial charge < -0.3 is 10.6 Å². The number of nitrogens with zero attached hydrogens (tertiary/aromatic N) is 1. The molecule has 1 aromatic rings. The molecule has 80 valence electrons. The molecule has 0 aromatic heterocycles. The Balaban J connectivity index is 1.93. The first-order valence-corrected chi connectivity index (χ1v) is 5.53. The van der Waals surface area contributed by atoms with E-state index in [0.29, 0.717) is 12.0 Å². The van der Waals surface area contributed by atoms with Crippen LogP contribution in [-0.4, -0.2) is 19.1 Å². The van der Waals surface area contributed by atoms with Crippen LogP contribution in [0.5, 0.6) is 0 Å². The fraction of sp³-hybridized carbons (Fsp3) is 0.500. The van der Waals surface area contributed by atoms with E-state index in [9.17, 15) is 4.39 Å². The first-order chi connectivity index (χ1) is 7.28.